The Bertz CT molecular complexity index is 645. The predicted molar refractivity (Wildman–Crippen MR) is 88.6 cm³/mol. The molecular weight excluding hydrogens is 314 g/mol. The van der Waals surface area contributed by atoms with Crippen LogP contribution in [0.5, 0.6) is 0 Å². The summed E-state index contributed by atoms with van der Waals surface area (Å²) >= 11 is 1.18. The maximum atomic E-state index is 12.6. The van der Waals surface area contributed by atoms with Gasteiger partial charge in [0.1, 0.15) is 5.69 Å². The lowest BCUT2D eigenvalue weighted by molar-refractivity contribution is -0.134. The molecule has 1 aromatic heterocycles. The Labute approximate surface area is 139 Å². The zero-order chi connectivity index (χ0) is 16.4. The molecule has 7 nitrogen and oxygen atoms in total. The summed E-state index contributed by atoms with van der Waals surface area (Å²) in [6.45, 7) is 2.41. The number of rotatable bonds is 3. The van der Waals surface area contributed by atoms with E-state index in [-0.39, 0.29) is 28.1 Å². The van der Waals surface area contributed by atoms with Gasteiger partial charge >= 0.3 is 0 Å². The van der Waals surface area contributed by atoms with Gasteiger partial charge in [-0.2, -0.15) is 4.68 Å². The van der Waals surface area contributed by atoms with Crippen LogP contribution in [0.15, 0.2) is 9.95 Å². The van der Waals surface area contributed by atoms with Gasteiger partial charge in [-0.3, -0.25) is 9.59 Å². The Hall–Kier alpha value is -1.57. The van der Waals surface area contributed by atoms with Gasteiger partial charge in [-0.15, -0.1) is 10.2 Å². The van der Waals surface area contributed by atoms with Crippen LogP contribution in [0.2, 0.25) is 0 Å². The van der Waals surface area contributed by atoms with E-state index in [0.717, 1.165) is 24.1 Å². The van der Waals surface area contributed by atoms with Crippen LogP contribution >= 0.6 is 11.8 Å². The fourth-order valence-electron chi connectivity index (χ4n) is 3.71. The molecule has 0 spiro atoms. The van der Waals surface area contributed by atoms with E-state index in [1.807, 2.05) is 4.90 Å². The molecule has 2 fully saturated rings. The van der Waals surface area contributed by atoms with Gasteiger partial charge < -0.3 is 10.7 Å². The van der Waals surface area contributed by atoms with Gasteiger partial charge in [0.15, 0.2) is 0 Å². The van der Waals surface area contributed by atoms with E-state index in [4.69, 9.17) is 5.84 Å². The van der Waals surface area contributed by atoms with E-state index in [1.165, 1.54) is 37.4 Å². The average Bonchev–Trinajstić information content (AvgIpc) is 2.58. The van der Waals surface area contributed by atoms with Crippen LogP contribution in [0.3, 0.4) is 0 Å². The maximum absolute atomic E-state index is 12.6. The first kappa shape index (κ1) is 16.3. The summed E-state index contributed by atoms with van der Waals surface area (Å²) in [5.41, 5.74) is -0.121. The van der Waals surface area contributed by atoms with Crippen molar-refractivity contribution < 1.29 is 4.79 Å². The highest BCUT2D eigenvalue weighted by Gasteiger charge is 2.35. The van der Waals surface area contributed by atoms with Crippen LogP contribution in [0.25, 0.3) is 0 Å². The second-order valence-electron chi connectivity index (χ2n) is 6.37. The minimum absolute atomic E-state index is 0.112. The van der Waals surface area contributed by atoms with Gasteiger partial charge in [0.2, 0.25) is 11.1 Å². The molecule has 0 aromatic carbocycles. The van der Waals surface area contributed by atoms with Crippen LogP contribution in [-0.4, -0.2) is 44.0 Å². The molecular formula is C15H23N5O2S. The number of piperidine rings is 1. The van der Waals surface area contributed by atoms with Crippen molar-refractivity contribution in [2.24, 2.45) is 5.92 Å². The fraction of sp³-hybridized carbons (Fsp3) is 0.733. The highest BCUT2D eigenvalue weighted by atomic mass is 32.2. The van der Waals surface area contributed by atoms with Crippen molar-refractivity contribution in [1.29, 1.82) is 0 Å². The van der Waals surface area contributed by atoms with Gasteiger partial charge in [0.25, 0.3) is 5.56 Å². The molecule has 23 heavy (non-hydrogen) atoms. The second-order valence-corrected chi connectivity index (χ2v) is 7.32. The summed E-state index contributed by atoms with van der Waals surface area (Å²) in [5.74, 6) is 6.74. The molecule has 2 aliphatic rings. The lowest BCUT2D eigenvalue weighted by Crippen LogP contribution is -2.50. The topological polar surface area (TPSA) is 94.1 Å². The summed E-state index contributed by atoms with van der Waals surface area (Å²) in [6.07, 6.45) is 7.19. The third-order valence-corrected chi connectivity index (χ3v) is 5.84. The molecule has 1 saturated carbocycles. The predicted octanol–water partition coefficient (Wildman–Crippen LogP) is 0.934. The summed E-state index contributed by atoms with van der Waals surface area (Å²) in [5, 5.41) is 7.99. The van der Waals surface area contributed by atoms with E-state index in [1.54, 1.807) is 6.92 Å². The second kappa shape index (κ2) is 6.90. The van der Waals surface area contributed by atoms with Gasteiger partial charge in [-0.25, -0.2) is 0 Å². The van der Waals surface area contributed by atoms with Gasteiger partial charge in [-0.1, -0.05) is 24.6 Å². The van der Waals surface area contributed by atoms with Crippen molar-refractivity contribution in [3.05, 3.63) is 16.0 Å². The summed E-state index contributed by atoms with van der Waals surface area (Å²) in [7, 11) is 0. The third-order valence-electron chi connectivity index (χ3n) is 4.91. The van der Waals surface area contributed by atoms with E-state index in [0.29, 0.717) is 12.0 Å². The zero-order valence-electron chi connectivity index (χ0n) is 13.4. The molecule has 0 bridgehead atoms. The first-order valence-corrected chi connectivity index (χ1v) is 9.20. The molecule has 3 rings (SSSR count). The monoisotopic (exact) mass is 337 g/mol. The maximum Gasteiger partial charge on any atom is 0.294 e. The third kappa shape index (κ3) is 3.36. The number of amides is 1. The van der Waals surface area contributed by atoms with E-state index < -0.39 is 0 Å². The number of aromatic nitrogens is 3. The summed E-state index contributed by atoms with van der Waals surface area (Å²) in [4.78, 5) is 26.4. The van der Waals surface area contributed by atoms with Crippen LogP contribution in [-0.2, 0) is 4.79 Å². The minimum atomic E-state index is -0.375. The highest BCUT2D eigenvalue weighted by Crippen LogP contribution is 2.35. The molecule has 1 aliphatic heterocycles. The molecule has 0 radical (unpaired) electrons. The number of fused-ring (bicyclic) bond motifs is 1. The van der Waals surface area contributed by atoms with Crippen LogP contribution in [0.4, 0.5) is 0 Å². The lowest BCUT2D eigenvalue weighted by Gasteiger charge is -2.44. The minimum Gasteiger partial charge on any atom is -0.339 e. The zero-order valence-corrected chi connectivity index (χ0v) is 14.2. The molecule has 0 unspecified atom stereocenters. The molecule has 1 aliphatic carbocycles. The van der Waals surface area contributed by atoms with Crippen LogP contribution in [0.1, 0.15) is 44.2 Å². The van der Waals surface area contributed by atoms with Crippen molar-refractivity contribution in [3.63, 3.8) is 0 Å². The molecule has 8 heteroatoms. The van der Waals surface area contributed by atoms with Crippen LogP contribution in [0, 0.1) is 12.8 Å². The number of thioether (sulfide) groups is 1. The van der Waals surface area contributed by atoms with E-state index in [9.17, 15) is 9.59 Å². The Balaban J connectivity index is 1.65. The van der Waals surface area contributed by atoms with Crippen molar-refractivity contribution >= 4 is 17.7 Å². The lowest BCUT2D eigenvalue weighted by atomic mass is 9.78. The van der Waals surface area contributed by atoms with Crippen molar-refractivity contribution in [3.8, 4) is 0 Å². The molecule has 126 valence electrons. The molecule has 1 amide bonds. The Morgan fingerprint density at radius 3 is 2.83 bits per heavy atom. The molecule has 1 aromatic rings. The smallest absolute Gasteiger partial charge is 0.294 e. The average molecular weight is 337 g/mol. The number of aryl methyl sites for hydroxylation is 1. The Morgan fingerprint density at radius 1 is 1.26 bits per heavy atom. The number of nitrogens with zero attached hydrogens (tertiary/aromatic N) is 4. The number of hydrogen-bond acceptors (Lipinski definition) is 6. The molecule has 2 heterocycles. The molecule has 2 N–H and O–H groups in total. The standard InChI is InChI=1S/C15H23N5O2S/c1-10-14(22)20(16)15(18-17-10)23-9-13(21)19-8-4-6-11-5-2-3-7-12(11)19/h11-12H,2-9,16H2,1H3/t11-,12+/m1/s1. The van der Waals surface area contributed by atoms with Crippen molar-refractivity contribution in [2.75, 3.05) is 18.1 Å². The number of nitrogen functional groups attached to an aromatic ring is 1. The first-order chi connectivity index (χ1) is 11.1. The normalized spacial score (nSPS) is 24.3. The van der Waals surface area contributed by atoms with E-state index >= 15 is 0 Å². The highest BCUT2D eigenvalue weighted by molar-refractivity contribution is 7.99. The molecule has 2 atom stereocenters. The van der Waals surface area contributed by atoms with Gasteiger partial charge in [0.05, 0.1) is 5.75 Å². The number of likely N-dealkylation sites (tertiary alicyclic amines) is 1. The Morgan fingerprint density at radius 2 is 2.00 bits per heavy atom. The largest absolute Gasteiger partial charge is 0.339 e. The summed E-state index contributed by atoms with van der Waals surface area (Å²) < 4.78 is 0.972. The molecule has 1 saturated heterocycles. The Kier molecular flexibility index (Phi) is 4.89. The number of carbonyl (C=O) groups is 1. The fourth-order valence-corrected chi connectivity index (χ4v) is 4.45. The quantitative estimate of drug-likeness (QED) is 0.651. The summed E-state index contributed by atoms with van der Waals surface area (Å²) in [6, 6.07) is 0.398. The van der Waals surface area contributed by atoms with E-state index in [2.05, 4.69) is 10.2 Å². The number of hydrogen-bond donors (Lipinski definition) is 1. The number of carbonyl (C=O) groups excluding carboxylic acids is 1. The van der Waals surface area contributed by atoms with Gasteiger partial charge in [-0.05, 0) is 38.5 Å². The number of nitrogens with two attached hydrogens (primary N) is 1. The van der Waals surface area contributed by atoms with Crippen molar-refractivity contribution in [2.45, 2.75) is 56.6 Å². The van der Waals surface area contributed by atoms with Crippen molar-refractivity contribution in [1.82, 2.24) is 19.8 Å². The van der Waals surface area contributed by atoms with Crippen LogP contribution < -0.4 is 11.4 Å². The first-order valence-electron chi connectivity index (χ1n) is 8.21. The van der Waals surface area contributed by atoms with Gasteiger partial charge in [0, 0.05) is 12.6 Å². The SMILES string of the molecule is Cc1nnc(SCC(=O)N2CCC[C@H]3CCCC[C@@H]32)n(N)c1=O.